The lowest BCUT2D eigenvalue weighted by Crippen LogP contribution is -2.47. The average Bonchev–Trinajstić information content (AvgIpc) is 2.24. The van der Waals surface area contributed by atoms with Crippen molar-refractivity contribution in [1.82, 2.24) is 4.90 Å². The highest BCUT2D eigenvalue weighted by Crippen LogP contribution is 2.33. The van der Waals surface area contributed by atoms with Gasteiger partial charge in [0.2, 0.25) is 0 Å². The third-order valence-corrected chi connectivity index (χ3v) is 3.46. The van der Waals surface area contributed by atoms with Crippen LogP contribution in [0.4, 0.5) is 4.79 Å². The van der Waals surface area contributed by atoms with Gasteiger partial charge in [0, 0.05) is 18.5 Å². The Morgan fingerprint density at radius 3 is 2.60 bits per heavy atom. The van der Waals surface area contributed by atoms with Crippen molar-refractivity contribution < 1.29 is 9.53 Å². The second kappa shape index (κ2) is 4.83. The SMILES string of the molecule is [B]c1ccc2c(c1)CN(C(=O)OC(C)(C)C)CC2(C)C. The van der Waals surface area contributed by atoms with Gasteiger partial charge in [0.25, 0.3) is 0 Å². The number of fused-ring (bicyclic) bond motifs is 1. The molecule has 0 bridgehead atoms. The van der Waals surface area contributed by atoms with Crippen LogP contribution >= 0.6 is 0 Å². The number of amides is 1. The molecule has 0 N–H and O–H groups in total. The topological polar surface area (TPSA) is 29.5 Å². The molecular formula is C16H22BNO2. The first-order chi connectivity index (χ1) is 9.08. The van der Waals surface area contributed by atoms with E-state index in [9.17, 15) is 4.79 Å². The van der Waals surface area contributed by atoms with Gasteiger partial charge in [0.05, 0.1) is 0 Å². The zero-order valence-electron chi connectivity index (χ0n) is 13.0. The van der Waals surface area contributed by atoms with E-state index < -0.39 is 5.60 Å². The lowest BCUT2D eigenvalue weighted by molar-refractivity contribution is 0.0174. The summed E-state index contributed by atoms with van der Waals surface area (Å²) in [4.78, 5) is 14.0. The smallest absolute Gasteiger partial charge is 0.410 e. The van der Waals surface area contributed by atoms with Crippen LogP contribution < -0.4 is 5.46 Å². The summed E-state index contributed by atoms with van der Waals surface area (Å²) < 4.78 is 5.47. The van der Waals surface area contributed by atoms with Crippen LogP contribution in [0.15, 0.2) is 18.2 Å². The summed E-state index contributed by atoms with van der Waals surface area (Å²) in [7, 11) is 5.86. The van der Waals surface area contributed by atoms with Gasteiger partial charge < -0.3 is 9.64 Å². The van der Waals surface area contributed by atoms with E-state index in [1.54, 1.807) is 4.90 Å². The Hall–Kier alpha value is -1.45. The number of carbonyl (C=O) groups excluding carboxylic acids is 1. The maximum absolute atomic E-state index is 12.3. The predicted octanol–water partition coefficient (Wildman–Crippen LogP) is 2.51. The van der Waals surface area contributed by atoms with Crippen LogP contribution in [0.2, 0.25) is 0 Å². The minimum absolute atomic E-state index is 0.0990. The lowest BCUT2D eigenvalue weighted by Gasteiger charge is -2.40. The Labute approximate surface area is 122 Å². The highest BCUT2D eigenvalue weighted by Gasteiger charge is 2.35. The van der Waals surface area contributed by atoms with Crippen molar-refractivity contribution in [3.05, 3.63) is 29.3 Å². The van der Waals surface area contributed by atoms with E-state index in [1.807, 2.05) is 32.9 Å². The summed E-state index contributed by atoms with van der Waals surface area (Å²) in [5, 5.41) is 0. The highest BCUT2D eigenvalue weighted by atomic mass is 16.6. The van der Waals surface area contributed by atoms with Crippen molar-refractivity contribution in [2.75, 3.05) is 6.54 Å². The molecule has 0 unspecified atom stereocenters. The Morgan fingerprint density at radius 2 is 2.00 bits per heavy atom. The van der Waals surface area contributed by atoms with E-state index in [0.29, 0.717) is 13.1 Å². The summed E-state index contributed by atoms with van der Waals surface area (Å²) in [5.74, 6) is 0. The fraction of sp³-hybridized carbons (Fsp3) is 0.562. The van der Waals surface area contributed by atoms with Gasteiger partial charge in [-0.1, -0.05) is 37.5 Å². The van der Waals surface area contributed by atoms with Crippen molar-refractivity contribution in [2.24, 2.45) is 0 Å². The van der Waals surface area contributed by atoms with Crippen LogP contribution in [0.5, 0.6) is 0 Å². The second-order valence-electron chi connectivity index (χ2n) is 7.14. The Morgan fingerprint density at radius 1 is 1.35 bits per heavy atom. The third-order valence-electron chi connectivity index (χ3n) is 3.46. The first kappa shape index (κ1) is 15.0. The standard InChI is InChI=1S/C16H22BNO2/c1-15(2,3)20-14(19)18-9-11-8-12(17)6-7-13(11)16(4,5)10-18/h6-8H,9-10H2,1-5H3. The van der Waals surface area contributed by atoms with Gasteiger partial charge in [-0.2, -0.15) is 0 Å². The molecule has 1 aliphatic heterocycles. The number of nitrogens with zero attached hydrogens (tertiary/aromatic N) is 1. The number of ether oxygens (including phenoxy) is 1. The van der Waals surface area contributed by atoms with E-state index >= 15 is 0 Å². The van der Waals surface area contributed by atoms with Gasteiger partial charge in [-0.3, -0.25) is 0 Å². The van der Waals surface area contributed by atoms with E-state index in [4.69, 9.17) is 12.6 Å². The summed E-state index contributed by atoms with van der Waals surface area (Å²) in [6, 6.07) is 5.94. The molecule has 106 valence electrons. The van der Waals surface area contributed by atoms with Crippen LogP contribution in [-0.2, 0) is 16.7 Å². The monoisotopic (exact) mass is 271 g/mol. The molecule has 4 heteroatoms. The van der Waals surface area contributed by atoms with Crippen molar-refractivity contribution >= 4 is 19.4 Å². The maximum atomic E-state index is 12.3. The number of hydrogen-bond acceptors (Lipinski definition) is 2. The lowest BCUT2D eigenvalue weighted by atomic mass is 9.76. The number of benzene rings is 1. The second-order valence-corrected chi connectivity index (χ2v) is 7.14. The molecule has 0 atom stereocenters. The van der Waals surface area contributed by atoms with Crippen molar-refractivity contribution in [2.45, 2.75) is 52.2 Å². The summed E-state index contributed by atoms with van der Waals surface area (Å²) in [6.07, 6.45) is -0.265. The first-order valence-electron chi connectivity index (χ1n) is 6.95. The van der Waals surface area contributed by atoms with Gasteiger partial charge >= 0.3 is 6.09 Å². The fourth-order valence-corrected chi connectivity index (χ4v) is 2.68. The van der Waals surface area contributed by atoms with Gasteiger partial charge in [0.1, 0.15) is 13.4 Å². The molecule has 0 aromatic heterocycles. The van der Waals surface area contributed by atoms with Crippen LogP contribution in [0.3, 0.4) is 0 Å². The minimum atomic E-state index is -0.475. The number of carbonyl (C=O) groups is 1. The summed E-state index contributed by atoms with van der Waals surface area (Å²) >= 11 is 0. The summed E-state index contributed by atoms with van der Waals surface area (Å²) in [6.45, 7) is 11.1. The molecule has 3 nitrogen and oxygen atoms in total. The number of rotatable bonds is 0. The van der Waals surface area contributed by atoms with Gasteiger partial charge in [-0.05, 0) is 31.9 Å². The molecule has 20 heavy (non-hydrogen) atoms. The molecule has 0 fully saturated rings. The molecule has 0 saturated carbocycles. The van der Waals surface area contributed by atoms with Crippen LogP contribution in [0, 0.1) is 0 Å². The van der Waals surface area contributed by atoms with E-state index in [-0.39, 0.29) is 11.5 Å². The normalized spacial score (nSPS) is 17.6. The van der Waals surface area contributed by atoms with Crippen LogP contribution in [-0.4, -0.2) is 31.0 Å². The van der Waals surface area contributed by atoms with Crippen LogP contribution in [0.1, 0.15) is 45.7 Å². The Kier molecular flexibility index (Phi) is 3.61. The summed E-state index contributed by atoms with van der Waals surface area (Å²) in [5.41, 5.74) is 2.51. The Bertz CT molecular complexity index is 532. The molecule has 1 aromatic rings. The van der Waals surface area contributed by atoms with Crippen molar-refractivity contribution in [3.63, 3.8) is 0 Å². The van der Waals surface area contributed by atoms with Crippen LogP contribution in [0.25, 0.3) is 0 Å². The zero-order chi connectivity index (χ0) is 15.1. The largest absolute Gasteiger partial charge is 0.444 e. The Balaban J connectivity index is 2.28. The maximum Gasteiger partial charge on any atom is 0.410 e. The van der Waals surface area contributed by atoms with E-state index in [0.717, 1.165) is 11.0 Å². The zero-order valence-corrected chi connectivity index (χ0v) is 13.0. The molecule has 2 rings (SSSR count). The van der Waals surface area contributed by atoms with Gasteiger partial charge in [-0.15, -0.1) is 0 Å². The quantitative estimate of drug-likeness (QED) is 0.678. The molecule has 1 heterocycles. The molecule has 2 radical (unpaired) electrons. The average molecular weight is 271 g/mol. The van der Waals surface area contributed by atoms with Crippen molar-refractivity contribution in [3.8, 4) is 0 Å². The fourth-order valence-electron chi connectivity index (χ4n) is 2.68. The minimum Gasteiger partial charge on any atom is -0.444 e. The molecule has 1 aliphatic rings. The molecule has 0 aliphatic carbocycles. The predicted molar refractivity (Wildman–Crippen MR) is 81.5 cm³/mol. The third kappa shape index (κ3) is 3.17. The molecule has 1 amide bonds. The molecule has 0 saturated heterocycles. The molecule has 0 spiro atoms. The number of hydrogen-bond donors (Lipinski definition) is 0. The molecular weight excluding hydrogens is 249 g/mol. The van der Waals surface area contributed by atoms with E-state index in [2.05, 4.69) is 19.9 Å². The molecule has 1 aromatic carbocycles. The highest BCUT2D eigenvalue weighted by molar-refractivity contribution is 6.32. The van der Waals surface area contributed by atoms with E-state index in [1.165, 1.54) is 5.56 Å². The first-order valence-corrected chi connectivity index (χ1v) is 6.95. The van der Waals surface area contributed by atoms with Crippen molar-refractivity contribution in [1.29, 1.82) is 0 Å². The van der Waals surface area contributed by atoms with Gasteiger partial charge in [-0.25, -0.2) is 4.79 Å². The van der Waals surface area contributed by atoms with Gasteiger partial charge in [0.15, 0.2) is 0 Å².